The van der Waals surface area contributed by atoms with Crippen LogP contribution in [0.1, 0.15) is 33.4 Å². The highest BCUT2D eigenvalue weighted by molar-refractivity contribution is 7.10. The quantitative estimate of drug-likeness (QED) is 0.509. The number of thiophene rings is 1. The number of nitrogens with zero attached hydrogens (tertiary/aromatic N) is 5. The number of fused-ring (bicyclic) bond motifs is 1. The molecule has 0 aliphatic carbocycles. The topological polar surface area (TPSA) is 63.9 Å². The first-order valence-electron chi connectivity index (χ1n) is 9.95. The summed E-state index contributed by atoms with van der Waals surface area (Å²) in [7, 11) is 0. The summed E-state index contributed by atoms with van der Waals surface area (Å²) in [5.41, 5.74) is 4.29. The van der Waals surface area contributed by atoms with Gasteiger partial charge in [-0.25, -0.2) is 0 Å². The first-order valence-corrected chi connectivity index (χ1v) is 10.8. The minimum atomic E-state index is -0.0168. The maximum atomic E-state index is 13.3. The van der Waals surface area contributed by atoms with Crippen molar-refractivity contribution in [1.29, 1.82) is 0 Å². The maximum Gasteiger partial charge on any atom is 0.227 e. The van der Waals surface area contributed by atoms with Crippen LogP contribution in [0.3, 0.4) is 0 Å². The van der Waals surface area contributed by atoms with Gasteiger partial charge < -0.3 is 4.90 Å². The largest absolute Gasteiger partial charge is 0.331 e. The molecule has 0 N–H and O–H groups in total. The van der Waals surface area contributed by atoms with Crippen LogP contribution in [0.2, 0.25) is 0 Å². The molecule has 7 heteroatoms. The van der Waals surface area contributed by atoms with Crippen LogP contribution in [0.15, 0.2) is 66.0 Å². The minimum Gasteiger partial charge on any atom is -0.331 e. The Labute approximate surface area is 178 Å². The number of hydrogen-bond donors (Lipinski definition) is 0. The van der Waals surface area contributed by atoms with Crippen molar-refractivity contribution >= 4 is 17.2 Å². The molecule has 4 aromatic rings. The molecule has 6 nitrogen and oxygen atoms in total. The van der Waals surface area contributed by atoms with Gasteiger partial charge in [0.15, 0.2) is 5.82 Å². The van der Waals surface area contributed by atoms with Crippen molar-refractivity contribution in [1.82, 2.24) is 25.1 Å². The number of carbonyl (C=O) groups is 1. The van der Waals surface area contributed by atoms with Crippen LogP contribution < -0.4 is 0 Å². The summed E-state index contributed by atoms with van der Waals surface area (Å²) in [6.07, 6.45) is 1.29. The van der Waals surface area contributed by atoms with E-state index in [-0.39, 0.29) is 11.9 Å². The van der Waals surface area contributed by atoms with E-state index in [1.165, 1.54) is 10.4 Å². The fraction of sp³-hybridized carbons (Fsp3) is 0.217. The van der Waals surface area contributed by atoms with E-state index in [1.807, 2.05) is 54.3 Å². The van der Waals surface area contributed by atoms with Gasteiger partial charge in [-0.2, -0.15) is 4.68 Å². The molecule has 0 saturated carbocycles. The Kier molecular flexibility index (Phi) is 4.88. The van der Waals surface area contributed by atoms with E-state index in [2.05, 4.69) is 39.1 Å². The van der Waals surface area contributed by atoms with Gasteiger partial charge in [-0.05, 0) is 64.0 Å². The summed E-state index contributed by atoms with van der Waals surface area (Å²) in [5.74, 6) is 0.872. The monoisotopic (exact) mass is 415 g/mol. The maximum absolute atomic E-state index is 13.3. The molecule has 0 bridgehead atoms. The molecule has 150 valence electrons. The molecule has 1 amide bonds. The van der Waals surface area contributed by atoms with E-state index in [9.17, 15) is 4.79 Å². The number of aryl methyl sites for hydroxylation is 1. The number of hydrogen-bond acceptors (Lipinski definition) is 5. The lowest BCUT2D eigenvalue weighted by molar-refractivity contribution is -0.132. The second-order valence-electron chi connectivity index (χ2n) is 7.43. The number of aromatic nitrogens is 4. The minimum absolute atomic E-state index is 0.0168. The van der Waals surface area contributed by atoms with Gasteiger partial charge in [0.2, 0.25) is 5.91 Å². The van der Waals surface area contributed by atoms with E-state index in [0.717, 1.165) is 35.6 Å². The first-order chi connectivity index (χ1) is 14.7. The highest BCUT2D eigenvalue weighted by Crippen LogP contribution is 2.38. The van der Waals surface area contributed by atoms with Crippen LogP contribution in [0.4, 0.5) is 0 Å². The normalized spacial score (nSPS) is 15.8. The van der Waals surface area contributed by atoms with Crippen molar-refractivity contribution in [3.05, 3.63) is 93.4 Å². The number of benzene rings is 2. The molecule has 1 atom stereocenters. The zero-order valence-corrected chi connectivity index (χ0v) is 17.4. The molecule has 30 heavy (non-hydrogen) atoms. The molecule has 0 spiro atoms. The third kappa shape index (κ3) is 3.41. The second-order valence-corrected chi connectivity index (χ2v) is 8.43. The number of carbonyl (C=O) groups excluding carboxylic acids is 1. The van der Waals surface area contributed by atoms with Crippen molar-refractivity contribution in [3.8, 4) is 5.69 Å². The van der Waals surface area contributed by atoms with Gasteiger partial charge in [0.05, 0.1) is 18.2 Å². The first kappa shape index (κ1) is 18.7. The zero-order valence-electron chi connectivity index (χ0n) is 16.6. The SMILES string of the molecule is Cc1nnnn1-c1ccc(CC(=O)N2CCc3sccc3C2c2ccccc2)cc1. The van der Waals surface area contributed by atoms with Crippen molar-refractivity contribution < 1.29 is 4.79 Å². The molecule has 2 aromatic carbocycles. The van der Waals surface area contributed by atoms with E-state index in [0.29, 0.717) is 6.42 Å². The predicted octanol–water partition coefficient (Wildman–Crippen LogP) is 3.75. The molecule has 1 aliphatic heterocycles. The Balaban J connectivity index is 1.39. The van der Waals surface area contributed by atoms with Crippen molar-refractivity contribution in [3.63, 3.8) is 0 Å². The van der Waals surface area contributed by atoms with Crippen LogP contribution in [0, 0.1) is 6.92 Å². The lowest BCUT2D eigenvalue weighted by atomic mass is 9.92. The molecule has 2 aromatic heterocycles. The van der Waals surface area contributed by atoms with Crippen LogP contribution in [-0.4, -0.2) is 37.6 Å². The van der Waals surface area contributed by atoms with E-state index in [4.69, 9.17) is 0 Å². The van der Waals surface area contributed by atoms with Crippen molar-refractivity contribution in [2.24, 2.45) is 0 Å². The van der Waals surface area contributed by atoms with Crippen LogP contribution in [0.25, 0.3) is 5.69 Å². The molecular weight excluding hydrogens is 394 g/mol. The number of amides is 1. The third-order valence-corrected chi connectivity index (χ3v) is 6.56. The van der Waals surface area contributed by atoms with Crippen LogP contribution in [0.5, 0.6) is 0 Å². The molecule has 0 radical (unpaired) electrons. The van der Waals surface area contributed by atoms with E-state index in [1.54, 1.807) is 16.0 Å². The Morgan fingerprint density at radius 3 is 2.63 bits per heavy atom. The summed E-state index contributed by atoms with van der Waals surface area (Å²) in [6, 6.07) is 20.3. The molecule has 1 unspecified atom stereocenters. The Bertz CT molecular complexity index is 1170. The fourth-order valence-corrected chi connectivity index (χ4v) is 4.99. The number of tetrazole rings is 1. The summed E-state index contributed by atoms with van der Waals surface area (Å²) >= 11 is 1.79. The lowest BCUT2D eigenvalue weighted by Gasteiger charge is -2.36. The fourth-order valence-electron chi connectivity index (χ4n) is 4.08. The molecule has 1 aliphatic rings. The molecular formula is C23H21N5OS. The van der Waals surface area contributed by atoms with Gasteiger partial charge in [-0.15, -0.1) is 16.4 Å². The summed E-state index contributed by atoms with van der Waals surface area (Å²) in [5, 5.41) is 13.7. The highest BCUT2D eigenvalue weighted by Gasteiger charge is 2.32. The van der Waals surface area contributed by atoms with Gasteiger partial charge in [0.25, 0.3) is 0 Å². The molecule has 0 saturated heterocycles. The van der Waals surface area contributed by atoms with Gasteiger partial charge in [0, 0.05) is 11.4 Å². The van der Waals surface area contributed by atoms with Gasteiger partial charge in [0.1, 0.15) is 0 Å². The number of rotatable bonds is 4. The Hall–Kier alpha value is -3.32. The third-order valence-electron chi connectivity index (χ3n) is 5.56. The molecule has 0 fully saturated rings. The van der Waals surface area contributed by atoms with Crippen molar-refractivity contribution in [2.45, 2.75) is 25.8 Å². The summed E-state index contributed by atoms with van der Waals surface area (Å²) < 4.78 is 1.68. The average Bonchev–Trinajstić information content (AvgIpc) is 3.43. The van der Waals surface area contributed by atoms with Gasteiger partial charge in [-0.1, -0.05) is 42.5 Å². The summed E-state index contributed by atoms with van der Waals surface area (Å²) in [6.45, 7) is 2.60. The standard InChI is InChI=1S/C23H21N5OS/c1-16-24-25-26-28(16)19-9-7-17(8-10-19)15-22(29)27-13-11-21-20(12-14-30-21)23(27)18-5-3-2-4-6-18/h2-10,12,14,23H,11,13,15H2,1H3. The Morgan fingerprint density at radius 1 is 1.10 bits per heavy atom. The lowest BCUT2D eigenvalue weighted by Crippen LogP contribution is -2.40. The van der Waals surface area contributed by atoms with E-state index >= 15 is 0 Å². The van der Waals surface area contributed by atoms with Gasteiger partial charge >= 0.3 is 0 Å². The summed E-state index contributed by atoms with van der Waals surface area (Å²) in [4.78, 5) is 16.8. The van der Waals surface area contributed by atoms with Gasteiger partial charge in [-0.3, -0.25) is 4.79 Å². The molecule has 3 heterocycles. The van der Waals surface area contributed by atoms with E-state index < -0.39 is 0 Å². The average molecular weight is 416 g/mol. The van der Waals surface area contributed by atoms with Crippen LogP contribution in [-0.2, 0) is 17.6 Å². The van der Waals surface area contributed by atoms with Crippen LogP contribution >= 0.6 is 11.3 Å². The smallest absolute Gasteiger partial charge is 0.227 e. The molecule has 5 rings (SSSR count). The predicted molar refractivity (Wildman–Crippen MR) is 116 cm³/mol. The Morgan fingerprint density at radius 2 is 1.90 bits per heavy atom. The second kappa shape index (κ2) is 7.84. The zero-order chi connectivity index (χ0) is 20.5. The van der Waals surface area contributed by atoms with Crippen molar-refractivity contribution in [2.75, 3.05) is 6.54 Å². The highest BCUT2D eigenvalue weighted by atomic mass is 32.1.